The molecule has 3 aromatic heterocycles. The van der Waals surface area contributed by atoms with Crippen molar-refractivity contribution in [3.63, 3.8) is 0 Å². The first-order chi connectivity index (χ1) is 21.4. The molecule has 0 aliphatic heterocycles. The minimum Gasteiger partial charge on any atom is -0.507 e. The number of hydrogen-bond acceptors (Lipinski definition) is 6. The van der Waals surface area contributed by atoms with Gasteiger partial charge in [-0.15, -0.1) is 5.10 Å². The fourth-order valence-corrected chi connectivity index (χ4v) is 5.70. The first-order valence-corrected chi connectivity index (χ1v) is 15.2. The molecule has 0 unspecified atom stereocenters. The van der Waals surface area contributed by atoms with Crippen molar-refractivity contribution in [2.45, 2.75) is 52.4 Å². The van der Waals surface area contributed by atoms with Gasteiger partial charge in [0.05, 0.1) is 39.7 Å². The molecule has 45 heavy (non-hydrogen) atoms. The summed E-state index contributed by atoms with van der Waals surface area (Å²) < 4.78 is 0. The maximum atomic E-state index is 11.3. The van der Waals surface area contributed by atoms with Gasteiger partial charge in [-0.2, -0.15) is 5.10 Å². The van der Waals surface area contributed by atoms with Gasteiger partial charge in [0, 0.05) is 33.5 Å². The third-order valence-corrected chi connectivity index (χ3v) is 8.36. The quantitative estimate of drug-likeness (QED) is 0.207. The lowest BCUT2D eigenvalue weighted by Crippen LogP contribution is -2.13. The van der Waals surface area contributed by atoms with Gasteiger partial charge in [-0.3, -0.25) is 0 Å². The fourth-order valence-electron chi connectivity index (χ4n) is 5.70. The monoisotopic (exact) mass is 589 g/mol. The molecule has 0 atom stereocenters. The highest BCUT2D eigenvalue weighted by molar-refractivity contribution is 5.95. The average Bonchev–Trinajstić information content (AvgIpc) is 3.02. The summed E-state index contributed by atoms with van der Waals surface area (Å²) >= 11 is 0. The topological polar surface area (TPSA) is 84.7 Å². The smallest absolute Gasteiger partial charge is 0.127 e. The summed E-state index contributed by atoms with van der Waals surface area (Å²) in [6.45, 7) is 13.2. The summed E-state index contributed by atoms with van der Waals surface area (Å²) in [5, 5.41) is 22.3. The van der Waals surface area contributed by atoms with E-state index in [4.69, 9.17) is 15.0 Å². The second-order valence-corrected chi connectivity index (χ2v) is 13.8. The number of pyridine rings is 1. The molecule has 6 heteroatoms. The van der Waals surface area contributed by atoms with Crippen LogP contribution in [0.3, 0.4) is 0 Å². The van der Waals surface area contributed by atoms with E-state index in [9.17, 15) is 5.11 Å². The zero-order valence-electron chi connectivity index (χ0n) is 26.4. The highest BCUT2D eigenvalue weighted by atomic mass is 16.3. The van der Waals surface area contributed by atoms with Crippen LogP contribution in [0.25, 0.3) is 66.6 Å². The van der Waals surface area contributed by atoms with E-state index in [0.717, 1.165) is 49.9 Å². The van der Waals surface area contributed by atoms with Gasteiger partial charge in [0.15, 0.2) is 0 Å². The molecule has 0 aliphatic carbocycles. The van der Waals surface area contributed by atoms with Crippen LogP contribution >= 0.6 is 0 Å². The zero-order chi connectivity index (χ0) is 31.5. The molecule has 6 nitrogen and oxygen atoms in total. The number of fused-ring (bicyclic) bond motifs is 3. The van der Waals surface area contributed by atoms with Crippen molar-refractivity contribution >= 4 is 32.8 Å². The zero-order valence-corrected chi connectivity index (χ0v) is 26.4. The van der Waals surface area contributed by atoms with Crippen LogP contribution in [0, 0.1) is 0 Å². The van der Waals surface area contributed by atoms with Gasteiger partial charge >= 0.3 is 0 Å². The van der Waals surface area contributed by atoms with Crippen LogP contribution in [0.15, 0.2) is 97.2 Å². The first kappa shape index (κ1) is 28.5. The Labute approximate surface area is 262 Å². The van der Waals surface area contributed by atoms with Gasteiger partial charge in [-0.25, -0.2) is 15.0 Å². The molecule has 0 fully saturated rings. The third-order valence-electron chi connectivity index (χ3n) is 8.36. The van der Waals surface area contributed by atoms with Gasteiger partial charge in [0.2, 0.25) is 0 Å². The number of para-hydroxylation sites is 2. The molecular formula is C39H35N5O. The summed E-state index contributed by atoms with van der Waals surface area (Å²) in [4.78, 5) is 14.8. The molecule has 0 radical (unpaired) electrons. The van der Waals surface area contributed by atoms with E-state index < -0.39 is 0 Å². The van der Waals surface area contributed by atoms with Crippen LogP contribution in [0.2, 0.25) is 0 Å². The molecule has 4 aromatic carbocycles. The molecule has 7 rings (SSSR count). The van der Waals surface area contributed by atoms with Crippen LogP contribution in [0.4, 0.5) is 0 Å². The molecule has 1 N–H and O–H groups in total. The number of benzene rings is 4. The molecule has 0 saturated heterocycles. The summed E-state index contributed by atoms with van der Waals surface area (Å²) in [5.41, 5.74) is 9.86. The van der Waals surface area contributed by atoms with Crippen molar-refractivity contribution in [1.29, 1.82) is 0 Å². The Kier molecular flexibility index (Phi) is 6.62. The second kappa shape index (κ2) is 10.4. The molecular weight excluding hydrogens is 554 g/mol. The predicted molar refractivity (Wildman–Crippen MR) is 183 cm³/mol. The van der Waals surface area contributed by atoms with Crippen molar-refractivity contribution in [1.82, 2.24) is 25.1 Å². The Bertz CT molecular complexity index is 2260. The molecule has 0 bridgehead atoms. The summed E-state index contributed by atoms with van der Waals surface area (Å²) in [5.74, 6) is 0.117. The average molecular weight is 590 g/mol. The van der Waals surface area contributed by atoms with Gasteiger partial charge in [0.25, 0.3) is 0 Å². The lowest BCUT2D eigenvalue weighted by Gasteiger charge is -2.23. The number of aromatic nitrogens is 5. The Morgan fingerprint density at radius 1 is 0.556 bits per heavy atom. The third kappa shape index (κ3) is 5.37. The van der Waals surface area contributed by atoms with Crippen molar-refractivity contribution in [2.24, 2.45) is 0 Å². The van der Waals surface area contributed by atoms with Crippen LogP contribution in [0.1, 0.15) is 52.7 Å². The number of nitrogens with zero attached hydrogens (tertiary/aromatic N) is 5. The van der Waals surface area contributed by atoms with Crippen LogP contribution in [-0.4, -0.2) is 30.3 Å². The van der Waals surface area contributed by atoms with Gasteiger partial charge < -0.3 is 5.11 Å². The molecule has 3 heterocycles. The minimum atomic E-state index is -0.166. The summed E-state index contributed by atoms with van der Waals surface area (Å²) in [7, 11) is 0. The predicted octanol–water partition coefficient (Wildman–Crippen LogP) is 9.42. The van der Waals surface area contributed by atoms with E-state index in [2.05, 4.69) is 94.2 Å². The first-order valence-electron chi connectivity index (χ1n) is 15.2. The Morgan fingerprint density at radius 2 is 1.16 bits per heavy atom. The largest absolute Gasteiger partial charge is 0.507 e. The highest BCUT2D eigenvalue weighted by Crippen LogP contribution is 2.39. The van der Waals surface area contributed by atoms with E-state index >= 15 is 0 Å². The van der Waals surface area contributed by atoms with E-state index in [-0.39, 0.29) is 16.6 Å². The van der Waals surface area contributed by atoms with Crippen molar-refractivity contribution < 1.29 is 5.11 Å². The van der Waals surface area contributed by atoms with Crippen LogP contribution in [0.5, 0.6) is 5.75 Å². The normalized spacial score (nSPS) is 12.3. The van der Waals surface area contributed by atoms with E-state index in [1.807, 2.05) is 42.5 Å². The fraction of sp³-hybridized carbons (Fsp3) is 0.205. The molecule has 7 aromatic rings. The number of phenols is 1. The molecule has 222 valence electrons. The number of hydrogen-bond donors (Lipinski definition) is 1. The molecule has 0 amide bonds. The Morgan fingerprint density at radius 3 is 1.87 bits per heavy atom. The maximum Gasteiger partial charge on any atom is 0.127 e. The van der Waals surface area contributed by atoms with Crippen LogP contribution < -0.4 is 0 Å². The lowest BCUT2D eigenvalue weighted by molar-refractivity contribution is 0.477. The molecule has 0 spiro atoms. The van der Waals surface area contributed by atoms with Gasteiger partial charge in [-0.05, 0) is 70.5 Å². The number of aromatic hydroxyl groups is 1. The number of phenolic OH excluding ortho intramolecular Hbond substituents is 1. The minimum absolute atomic E-state index is 0.117. The highest BCUT2D eigenvalue weighted by Gasteiger charge is 2.22. The maximum absolute atomic E-state index is 11.3. The second-order valence-electron chi connectivity index (χ2n) is 13.8. The van der Waals surface area contributed by atoms with E-state index in [1.54, 1.807) is 12.3 Å². The van der Waals surface area contributed by atoms with Crippen molar-refractivity contribution in [3.05, 3.63) is 108 Å². The van der Waals surface area contributed by atoms with Gasteiger partial charge in [0.1, 0.15) is 11.4 Å². The number of rotatable bonds is 3. The summed E-state index contributed by atoms with van der Waals surface area (Å²) in [6.07, 6.45) is 1.80. The standard InChI is InChI=1S/C39H35N5O/c1-38(2,3)26-16-24(15-25(17-26)37-28-12-8-7-11-23(28)22-40-44-37)32-18-27(39(4,5)6)19-33(43-32)29-20-34-35(21-36(29)45)42-31-14-10-9-13-30(31)41-34/h7-22,45H,1-6H3. The van der Waals surface area contributed by atoms with Crippen molar-refractivity contribution in [3.8, 4) is 39.5 Å². The van der Waals surface area contributed by atoms with E-state index in [0.29, 0.717) is 22.3 Å². The van der Waals surface area contributed by atoms with Crippen LogP contribution in [-0.2, 0) is 10.8 Å². The van der Waals surface area contributed by atoms with Gasteiger partial charge in [-0.1, -0.05) is 77.9 Å². The Hall–Kier alpha value is -5.23. The lowest BCUT2D eigenvalue weighted by atomic mass is 9.82. The summed E-state index contributed by atoms with van der Waals surface area (Å²) in [6, 6.07) is 30.4. The van der Waals surface area contributed by atoms with E-state index in [1.165, 1.54) is 5.56 Å². The molecule has 0 saturated carbocycles. The Balaban J connectivity index is 1.46. The van der Waals surface area contributed by atoms with Crippen molar-refractivity contribution in [2.75, 3.05) is 0 Å². The molecule has 0 aliphatic rings. The SMILES string of the molecule is CC(C)(C)c1cc(-c2cc(C(C)(C)C)cc(-c3cc4nc5ccccc5nc4cc3O)n2)cc(-c2nncc3ccccc23)c1.